The summed E-state index contributed by atoms with van der Waals surface area (Å²) in [5.74, 6) is 6.72. The van der Waals surface area contributed by atoms with Crippen molar-refractivity contribution in [3.8, 4) is 11.8 Å². The normalized spacial score (nSPS) is 11.2. The molecule has 112 valence electrons. The molecule has 0 saturated carbocycles. The lowest BCUT2D eigenvalue weighted by molar-refractivity contribution is -0.119. The first-order valence-corrected chi connectivity index (χ1v) is 7.53. The van der Waals surface area contributed by atoms with Crippen LogP contribution in [0.4, 0.5) is 5.82 Å². The van der Waals surface area contributed by atoms with Gasteiger partial charge in [-0.15, -0.1) is 0 Å². The van der Waals surface area contributed by atoms with E-state index in [2.05, 4.69) is 29.1 Å². The van der Waals surface area contributed by atoms with E-state index < -0.39 is 0 Å². The maximum Gasteiger partial charge on any atom is 0.228 e. The highest BCUT2D eigenvalue weighted by atomic mass is 16.1. The summed E-state index contributed by atoms with van der Waals surface area (Å²) in [5.41, 5.74) is 1.79. The van der Waals surface area contributed by atoms with Gasteiger partial charge in [0, 0.05) is 23.2 Å². The van der Waals surface area contributed by atoms with Crippen molar-refractivity contribution in [2.75, 3.05) is 5.32 Å². The first-order valence-electron chi connectivity index (χ1n) is 7.53. The van der Waals surface area contributed by atoms with Crippen LogP contribution in [0.2, 0.25) is 0 Å². The van der Waals surface area contributed by atoms with Crippen molar-refractivity contribution in [3.05, 3.63) is 59.8 Å². The Bertz CT molecular complexity index is 666. The van der Waals surface area contributed by atoms with Crippen molar-refractivity contribution in [1.29, 1.82) is 0 Å². The van der Waals surface area contributed by atoms with Crippen LogP contribution in [-0.2, 0) is 4.79 Å². The molecule has 2 aromatic rings. The third-order valence-corrected chi connectivity index (χ3v) is 3.31. The first kappa shape index (κ1) is 15.8. The van der Waals surface area contributed by atoms with Gasteiger partial charge in [0.1, 0.15) is 5.82 Å². The zero-order valence-electron chi connectivity index (χ0n) is 13.0. The summed E-state index contributed by atoms with van der Waals surface area (Å²) in [6.45, 7) is 4.00. The van der Waals surface area contributed by atoms with Gasteiger partial charge < -0.3 is 5.32 Å². The smallest absolute Gasteiger partial charge is 0.228 e. The minimum atomic E-state index is 0.00403. The number of amides is 1. The van der Waals surface area contributed by atoms with E-state index in [1.807, 2.05) is 43.3 Å². The molecule has 0 unspecified atom stereocenters. The summed E-state index contributed by atoms with van der Waals surface area (Å²) in [6.07, 6.45) is 3.55. The lowest BCUT2D eigenvalue weighted by atomic mass is 10.1. The Kier molecular flexibility index (Phi) is 5.73. The van der Waals surface area contributed by atoms with E-state index >= 15 is 0 Å². The van der Waals surface area contributed by atoms with Crippen LogP contribution >= 0.6 is 0 Å². The van der Waals surface area contributed by atoms with Crippen molar-refractivity contribution >= 4 is 11.7 Å². The fourth-order valence-corrected chi connectivity index (χ4v) is 2.02. The zero-order chi connectivity index (χ0) is 15.8. The molecule has 0 bridgehead atoms. The van der Waals surface area contributed by atoms with E-state index in [9.17, 15) is 4.79 Å². The third kappa shape index (κ3) is 4.75. The number of pyridine rings is 1. The molecule has 2 rings (SSSR count). The third-order valence-electron chi connectivity index (χ3n) is 3.31. The Labute approximate surface area is 131 Å². The molecule has 1 aromatic heterocycles. The van der Waals surface area contributed by atoms with Crippen LogP contribution in [-0.4, -0.2) is 10.9 Å². The number of carbonyl (C=O) groups excluding carboxylic acids is 1. The number of benzene rings is 1. The maximum absolute atomic E-state index is 11.9. The summed E-state index contributed by atoms with van der Waals surface area (Å²) >= 11 is 0. The van der Waals surface area contributed by atoms with Crippen LogP contribution in [0.25, 0.3) is 0 Å². The summed E-state index contributed by atoms with van der Waals surface area (Å²) in [4.78, 5) is 16.2. The van der Waals surface area contributed by atoms with Gasteiger partial charge in [-0.05, 0) is 30.7 Å². The van der Waals surface area contributed by atoms with E-state index in [-0.39, 0.29) is 11.8 Å². The molecule has 0 spiro atoms. The number of anilines is 1. The number of hydrogen-bond donors (Lipinski definition) is 1. The predicted octanol–water partition coefficient (Wildman–Crippen LogP) is 3.86. The van der Waals surface area contributed by atoms with Crippen LogP contribution in [0, 0.1) is 17.8 Å². The number of hydrogen-bond acceptors (Lipinski definition) is 2. The number of nitrogens with one attached hydrogen (secondary N) is 1. The molecule has 1 aromatic carbocycles. The molecule has 22 heavy (non-hydrogen) atoms. The van der Waals surface area contributed by atoms with Crippen LogP contribution in [0.5, 0.6) is 0 Å². The molecule has 1 heterocycles. The standard InChI is InChI=1S/C19H20N2O/c1-3-7-15(2)19(22)21-18-13-12-17(14-20-18)11-10-16-8-5-4-6-9-16/h4-6,8-9,12-15H,3,7H2,1-2H3,(H,20,21,22)/t15-/m0/s1. The highest BCUT2D eigenvalue weighted by Crippen LogP contribution is 2.10. The Balaban J connectivity index is 1.99. The fraction of sp³-hybridized carbons (Fsp3) is 0.263. The molecule has 0 radical (unpaired) electrons. The van der Waals surface area contributed by atoms with Gasteiger partial charge in [0.25, 0.3) is 0 Å². The van der Waals surface area contributed by atoms with E-state index in [0.717, 1.165) is 24.0 Å². The largest absolute Gasteiger partial charge is 0.310 e. The quantitative estimate of drug-likeness (QED) is 0.870. The first-order chi connectivity index (χ1) is 10.7. The number of rotatable bonds is 4. The topological polar surface area (TPSA) is 42.0 Å². The minimum absolute atomic E-state index is 0.00403. The van der Waals surface area contributed by atoms with E-state index in [4.69, 9.17) is 0 Å². The molecule has 3 heteroatoms. The van der Waals surface area contributed by atoms with Gasteiger partial charge in [0.2, 0.25) is 5.91 Å². The Hall–Kier alpha value is -2.60. The summed E-state index contributed by atoms with van der Waals surface area (Å²) < 4.78 is 0. The fourth-order valence-electron chi connectivity index (χ4n) is 2.02. The van der Waals surface area contributed by atoms with Gasteiger partial charge in [0.05, 0.1) is 0 Å². The second-order valence-electron chi connectivity index (χ2n) is 5.23. The number of aromatic nitrogens is 1. The molecule has 1 atom stereocenters. The minimum Gasteiger partial charge on any atom is -0.310 e. The van der Waals surface area contributed by atoms with Gasteiger partial charge in [0.15, 0.2) is 0 Å². The van der Waals surface area contributed by atoms with E-state index in [0.29, 0.717) is 5.82 Å². The Morgan fingerprint density at radius 2 is 1.86 bits per heavy atom. The molecule has 1 amide bonds. The van der Waals surface area contributed by atoms with Crippen molar-refractivity contribution in [2.45, 2.75) is 26.7 Å². The van der Waals surface area contributed by atoms with Crippen LogP contribution < -0.4 is 5.32 Å². The summed E-state index contributed by atoms with van der Waals surface area (Å²) in [7, 11) is 0. The Morgan fingerprint density at radius 1 is 1.14 bits per heavy atom. The molecule has 0 fully saturated rings. The molecular formula is C19H20N2O. The molecule has 0 saturated heterocycles. The highest BCUT2D eigenvalue weighted by molar-refractivity contribution is 5.91. The second kappa shape index (κ2) is 7.99. The lowest BCUT2D eigenvalue weighted by Crippen LogP contribution is -2.20. The van der Waals surface area contributed by atoms with Crippen molar-refractivity contribution in [1.82, 2.24) is 4.98 Å². The van der Waals surface area contributed by atoms with Gasteiger partial charge in [-0.25, -0.2) is 4.98 Å². The van der Waals surface area contributed by atoms with E-state index in [1.165, 1.54) is 0 Å². The molecule has 3 nitrogen and oxygen atoms in total. The van der Waals surface area contributed by atoms with Crippen LogP contribution in [0.15, 0.2) is 48.7 Å². The molecule has 0 aliphatic heterocycles. The number of carbonyl (C=O) groups is 1. The second-order valence-corrected chi connectivity index (χ2v) is 5.23. The van der Waals surface area contributed by atoms with Crippen molar-refractivity contribution in [2.24, 2.45) is 5.92 Å². The van der Waals surface area contributed by atoms with Crippen LogP contribution in [0.3, 0.4) is 0 Å². The SMILES string of the molecule is CCC[C@H](C)C(=O)Nc1ccc(C#Cc2ccccc2)cn1. The van der Waals surface area contributed by atoms with E-state index in [1.54, 1.807) is 12.3 Å². The maximum atomic E-state index is 11.9. The summed E-state index contributed by atoms with van der Waals surface area (Å²) in [5, 5.41) is 2.83. The molecule has 0 aliphatic rings. The zero-order valence-corrected chi connectivity index (χ0v) is 13.0. The highest BCUT2D eigenvalue weighted by Gasteiger charge is 2.11. The summed E-state index contributed by atoms with van der Waals surface area (Å²) in [6, 6.07) is 13.4. The number of nitrogens with zero attached hydrogens (tertiary/aromatic N) is 1. The monoisotopic (exact) mass is 292 g/mol. The van der Waals surface area contributed by atoms with Gasteiger partial charge in [-0.1, -0.05) is 50.3 Å². The molecular weight excluding hydrogens is 272 g/mol. The van der Waals surface area contributed by atoms with Gasteiger partial charge in [-0.3, -0.25) is 4.79 Å². The average molecular weight is 292 g/mol. The van der Waals surface area contributed by atoms with Crippen molar-refractivity contribution < 1.29 is 4.79 Å². The lowest BCUT2D eigenvalue weighted by Gasteiger charge is -2.10. The van der Waals surface area contributed by atoms with Crippen LogP contribution in [0.1, 0.15) is 37.8 Å². The Morgan fingerprint density at radius 3 is 2.50 bits per heavy atom. The average Bonchev–Trinajstić information content (AvgIpc) is 2.55. The predicted molar refractivity (Wildman–Crippen MR) is 89.4 cm³/mol. The molecule has 1 N–H and O–H groups in total. The van der Waals surface area contributed by atoms with Gasteiger partial charge in [-0.2, -0.15) is 0 Å². The van der Waals surface area contributed by atoms with Gasteiger partial charge >= 0.3 is 0 Å². The van der Waals surface area contributed by atoms with Crippen molar-refractivity contribution in [3.63, 3.8) is 0 Å². The molecule has 0 aliphatic carbocycles.